The third-order valence-electron chi connectivity index (χ3n) is 5.71. The average Bonchev–Trinajstić information content (AvgIpc) is 3.35. The van der Waals surface area contributed by atoms with Gasteiger partial charge in [0.05, 0.1) is 17.2 Å². The molecule has 1 saturated heterocycles. The summed E-state index contributed by atoms with van der Waals surface area (Å²) in [5.41, 5.74) is 4.94. The molecule has 4 heterocycles. The Morgan fingerprint density at radius 2 is 2.10 bits per heavy atom. The van der Waals surface area contributed by atoms with Gasteiger partial charge in [0.25, 0.3) is 5.56 Å². The predicted molar refractivity (Wildman–Crippen MR) is 116 cm³/mol. The van der Waals surface area contributed by atoms with Crippen LogP contribution in [0, 0.1) is 13.8 Å². The molecule has 6 nitrogen and oxygen atoms in total. The lowest BCUT2D eigenvalue weighted by molar-refractivity contribution is 0.120. The lowest BCUT2D eigenvalue weighted by atomic mass is 10.1. The van der Waals surface area contributed by atoms with Gasteiger partial charge in [0, 0.05) is 19.3 Å². The Hall–Kier alpha value is -3.12. The molecule has 1 atom stereocenters. The lowest BCUT2D eigenvalue weighted by Gasteiger charge is -2.13. The number of imidazole rings is 1. The Labute approximate surface area is 168 Å². The van der Waals surface area contributed by atoms with Gasteiger partial charge < -0.3 is 15.0 Å². The first-order valence-corrected chi connectivity index (χ1v) is 10.1. The highest BCUT2D eigenvalue weighted by molar-refractivity contribution is 5.87. The van der Waals surface area contributed by atoms with Gasteiger partial charge in [-0.15, -0.1) is 0 Å². The van der Waals surface area contributed by atoms with E-state index in [2.05, 4.69) is 10.3 Å². The lowest BCUT2D eigenvalue weighted by Crippen LogP contribution is -2.20. The molecule has 0 saturated carbocycles. The fourth-order valence-electron chi connectivity index (χ4n) is 4.14. The largest absolute Gasteiger partial charge is 0.376 e. The average molecular weight is 388 g/mol. The number of H-pyrrole nitrogens is 1. The molecule has 6 heteroatoms. The van der Waals surface area contributed by atoms with Crippen LogP contribution in [0.25, 0.3) is 27.8 Å². The summed E-state index contributed by atoms with van der Waals surface area (Å²) in [6.45, 7) is 5.54. The standard InChI is InChI=1S/C23H24N4O2/c1-14-6-3-8-16-12-18(23(28)26-19(14)16)20-22(24-13-17-9-5-11-29-17)27-10-4-7-15(2)21(27)25-20/h3-4,6-8,10,12,17,24H,5,9,11,13H2,1-2H3,(H,26,28). The van der Waals surface area contributed by atoms with Crippen molar-refractivity contribution in [1.82, 2.24) is 14.4 Å². The van der Waals surface area contributed by atoms with Crippen LogP contribution in [0.2, 0.25) is 0 Å². The van der Waals surface area contributed by atoms with Crippen molar-refractivity contribution >= 4 is 22.4 Å². The van der Waals surface area contributed by atoms with Gasteiger partial charge in [0.2, 0.25) is 0 Å². The van der Waals surface area contributed by atoms with Crippen molar-refractivity contribution in [3.63, 3.8) is 0 Å². The Kier molecular flexibility index (Phi) is 4.36. The molecule has 29 heavy (non-hydrogen) atoms. The minimum Gasteiger partial charge on any atom is -0.376 e. The third-order valence-corrected chi connectivity index (χ3v) is 5.71. The maximum absolute atomic E-state index is 13.0. The molecule has 148 valence electrons. The topological polar surface area (TPSA) is 71.4 Å². The Morgan fingerprint density at radius 1 is 1.24 bits per heavy atom. The second-order valence-electron chi connectivity index (χ2n) is 7.76. The number of ether oxygens (including phenoxy) is 1. The zero-order valence-electron chi connectivity index (χ0n) is 16.7. The highest BCUT2D eigenvalue weighted by Gasteiger charge is 2.21. The van der Waals surface area contributed by atoms with Crippen molar-refractivity contribution < 1.29 is 4.74 Å². The summed E-state index contributed by atoms with van der Waals surface area (Å²) in [5, 5.41) is 4.51. The van der Waals surface area contributed by atoms with Crippen LogP contribution < -0.4 is 10.9 Å². The van der Waals surface area contributed by atoms with Crippen molar-refractivity contribution in [3.8, 4) is 11.3 Å². The molecule has 0 radical (unpaired) electrons. The van der Waals surface area contributed by atoms with Gasteiger partial charge in [0.1, 0.15) is 17.2 Å². The monoisotopic (exact) mass is 388 g/mol. The van der Waals surface area contributed by atoms with Gasteiger partial charge in [0.15, 0.2) is 0 Å². The summed E-state index contributed by atoms with van der Waals surface area (Å²) < 4.78 is 7.79. The molecule has 1 aliphatic heterocycles. The van der Waals surface area contributed by atoms with Gasteiger partial charge in [-0.1, -0.05) is 24.3 Å². The van der Waals surface area contributed by atoms with Crippen LogP contribution in [0.4, 0.5) is 5.82 Å². The number of nitrogens with one attached hydrogen (secondary N) is 2. The minimum absolute atomic E-state index is 0.131. The number of aryl methyl sites for hydroxylation is 2. The smallest absolute Gasteiger partial charge is 0.258 e. The number of aromatic amines is 1. The van der Waals surface area contributed by atoms with Crippen molar-refractivity contribution in [1.29, 1.82) is 0 Å². The molecule has 5 rings (SSSR count). The fourth-order valence-corrected chi connectivity index (χ4v) is 4.14. The highest BCUT2D eigenvalue weighted by atomic mass is 16.5. The minimum atomic E-state index is -0.131. The number of nitrogens with zero attached hydrogens (tertiary/aromatic N) is 2. The molecular weight excluding hydrogens is 364 g/mol. The molecule has 1 aromatic carbocycles. The number of benzene rings is 1. The molecule has 1 unspecified atom stereocenters. The van der Waals surface area contributed by atoms with Gasteiger partial charge in [-0.25, -0.2) is 4.98 Å². The van der Waals surface area contributed by atoms with Crippen LogP contribution in [0.1, 0.15) is 24.0 Å². The van der Waals surface area contributed by atoms with Crippen molar-refractivity contribution in [2.24, 2.45) is 0 Å². The summed E-state index contributed by atoms with van der Waals surface area (Å²) in [7, 11) is 0. The summed E-state index contributed by atoms with van der Waals surface area (Å²) in [6, 6.07) is 12.0. The molecule has 1 fully saturated rings. The Balaban J connectivity index is 1.68. The maximum atomic E-state index is 13.0. The fraction of sp³-hybridized carbons (Fsp3) is 0.304. The zero-order chi connectivity index (χ0) is 20.0. The molecule has 4 aromatic rings. The maximum Gasteiger partial charge on any atom is 0.258 e. The predicted octanol–water partition coefficient (Wildman–Crippen LogP) is 4.05. The van der Waals surface area contributed by atoms with Crippen molar-refractivity contribution in [2.75, 3.05) is 18.5 Å². The Morgan fingerprint density at radius 3 is 2.93 bits per heavy atom. The summed E-state index contributed by atoms with van der Waals surface area (Å²) >= 11 is 0. The van der Waals surface area contributed by atoms with E-state index in [-0.39, 0.29) is 11.7 Å². The molecule has 0 amide bonds. The summed E-state index contributed by atoms with van der Waals surface area (Å²) in [4.78, 5) is 20.9. The van der Waals surface area contributed by atoms with E-state index < -0.39 is 0 Å². The number of aromatic nitrogens is 3. The Bertz CT molecular complexity index is 1270. The van der Waals surface area contributed by atoms with Gasteiger partial charge in [-0.2, -0.15) is 0 Å². The van der Waals surface area contributed by atoms with E-state index >= 15 is 0 Å². The van der Waals surface area contributed by atoms with E-state index in [0.717, 1.165) is 52.9 Å². The second-order valence-corrected chi connectivity index (χ2v) is 7.76. The zero-order valence-corrected chi connectivity index (χ0v) is 16.7. The molecule has 3 aromatic heterocycles. The third kappa shape index (κ3) is 3.09. The SMILES string of the molecule is Cc1cccc2cc(-c3nc4c(C)cccn4c3NCC3CCCO3)c(=O)[nH]c12. The number of fused-ring (bicyclic) bond motifs is 2. The van der Waals surface area contributed by atoms with E-state index in [1.54, 1.807) is 0 Å². The van der Waals surface area contributed by atoms with E-state index in [0.29, 0.717) is 17.8 Å². The van der Waals surface area contributed by atoms with Gasteiger partial charge in [-0.3, -0.25) is 9.20 Å². The van der Waals surface area contributed by atoms with Crippen LogP contribution in [0.5, 0.6) is 0 Å². The van der Waals surface area contributed by atoms with Crippen molar-refractivity contribution in [3.05, 3.63) is 64.1 Å². The number of rotatable bonds is 4. The number of anilines is 1. The molecule has 0 aliphatic carbocycles. The van der Waals surface area contributed by atoms with Crippen LogP contribution in [-0.2, 0) is 4.74 Å². The second kappa shape index (κ2) is 7.04. The van der Waals surface area contributed by atoms with Crippen LogP contribution in [0.15, 0.2) is 47.4 Å². The van der Waals surface area contributed by atoms with Crippen LogP contribution in [0.3, 0.4) is 0 Å². The molecule has 0 bridgehead atoms. The van der Waals surface area contributed by atoms with E-state index in [1.807, 2.05) is 60.8 Å². The molecule has 1 aliphatic rings. The van der Waals surface area contributed by atoms with Gasteiger partial charge >= 0.3 is 0 Å². The first kappa shape index (κ1) is 17.9. The number of pyridine rings is 2. The van der Waals surface area contributed by atoms with Crippen LogP contribution in [-0.4, -0.2) is 33.6 Å². The summed E-state index contributed by atoms with van der Waals surface area (Å²) in [5.74, 6) is 0.830. The van der Waals surface area contributed by atoms with E-state index in [1.165, 1.54) is 0 Å². The molecule has 0 spiro atoms. The van der Waals surface area contributed by atoms with E-state index in [9.17, 15) is 4.79 Å². The van der Waals surface area contributed by atoms with E-state index in [4.69, 9.17) is 9.72 Å². The quantitative estimate of drug-likeness (QED) is 0.553. The summed E-state index contributed by atoms with van der Waals surface area (Å²) in [6.07, 6.45) is 4.31. The van der Waals surface area contributed by atoms with Crippen LogP contribution >= 0.6 is 0 Å². The van der Waals surface area contributed by atoms with Crippen molar-refractivity contribution in [2.45, 2.75) is 32.8 Å². The number of para-hydroxylation sites is 1. The molecule has 2 N–H and O–H groups in total. The number of hydrogen-bond acceptors (Lipinski definition) is 4. The normalized spacial score (nSPS) is 16.7. The highest BCUT2D eigenvalue weighted by Crippen LogP contribution is 2.30. The first-order chi connectivity index (χ1) is 14.1. The first-order valence-electron chi connectivity index (χ1n) is 10.1. The molecular formula is C23H24N4O2. The number of hydrogen-bond donors (Lipinski definition) is 2. The van der Waals surface area contributed by atoms with Gasteiger partial charge in [-0.05, 0) is 55.3 Å².